The van der Waals surface area contributed by atoms with Crippen LogP contribution in [-0.4, -0.2) is 34.9 Å². The number of para-hydroxylation sites is 1. The van der Waals surface area contributed by atoms with Crippen LogP contribution in [0, 0.1) is 0 Å². The van der Waals surface area contributed by atoms with Crippen LogP contribution >= 0.6 is 0 Å². The quantitative estimate of drug-likeness (QED) is 0.840. The summed E-state index contributed by atoms with van der Waals surface area (Å²) in [4.78, 5) is 12.5. The molecular formula is C14H18F3NO3. The van der Waals surface area contributed by atoms with Gasteiger partial charge in [-0.15, -0.1) is 13.2 Å². The number of benzene rings is 1. The zero-order chi connectivity index (χ0) is 16.0. The number of halogens is 3. The second-order valence-corrected chi connectivity index (χ2v) is 4.67. The van der Waals surface area contributed by atoms with Gasteiger partial charge in [0.05, 0.1) is 6.42 Å². The molecule has 1 unspecified atom stereocenters. The van der Waals surface area contributed by atoms with Crippen molar-refractivity contribution >= 4 is 5.97 Å². The van der Waals surface area contributed by atoms with Crippen LogP contribution in [0.1, 0.15) is 25.8 Å². The summed E-state index contributed by atoms with van der Waals surface area (Å²) in [5.74, 6) is -1.20. The molecule has 7 heteroatoms. The van der Waals surface area contributed by atoms with Crippen molar-refractivity contribution in [3.63, 3.8) is 0 Å². The van der Waals surface area contributed by atoms with Crippen molar-refractivity contribution < 1.29 is 27.8 Å². The Labute approximate surface area is 121 Å². The summed E-state index contributed by atoms with van der Waals surface area (Å²) >= 11 is 0. The van der Waals surface area contributed by atoms with Crippen LogP contribution in [0.5, 0.6) is 5.75 Å². The summed E-state index contributed by atoms with van der Waals surface area (Å²) in [7, 11) is 0. The summed E-state index contributed by atoms with van der Waals surface area (Å²) in [5.41, 5.74) is 0.369. The van der Waals surface area contributed by atoms with Crippen LogP contribution in [0.15, 0.2) is 24.3 Å². The summed E-state index contributed by atoms with van der Waals surface area (Å²) < 4.78 is 41.1. The Kier molecular flexibility index (Phi) is 6.02. The summed E-state index contributed by atoms with van der Waals surface area (Å²) in [6, 6.07) is 5.58. The first kappa shape index (κ1) is 17.3. The van der Waals surface area contributed by atoms with Gasteiger partial charge in [-0.1, -0.05) is 25.1 Å². The number of nitrogens with zero attached hydrogens (tertiary/aromatic N) is 1. The Morgan fingerprint density at radius 3 is 2.52 bits per heavy atom. The van der Waals surface area contributed by atoms with E-state index in [1.807, 2.05) is 6.92 Å². The fourth-order valence-corrected chi connectivity index (χ4v) is 2.04. The van der Waals surface area contributed by atoms with Gasteiger partial charge in [0.25, 0.3) is 0 Å². The van der Waals surface area contributed by atoms with Crippen LogP contribution in [0.25, 0.3) is 0 Å². The molecule has 0 aliphatic carbocycles. The largest absolute Gasteiger partial charge is 0.573 e. The van der Waals surface area contributed by atoms with Crippen molar-refractivity contribution in [1.29, 1.82) is 0 Å². The first-order chi connectivity index (χ1) is 9.73. The molecule has 0 spiro atoms. The highest BCUT2D eigenvalue weighted by atomic mass is 19.4. The lowest BCUT2D eigenvalue weighted by Crippen LogP contribution is -2.34. The van der Waals surface area contributed by atoms with Crippen LogP contribution in [0.2, 0.25) is 0 Å². The summed E-state index contributed by atoms with van der Waals surface area (Å²) in [5, 5.41) is 8.80. The van der Waals surface area contributed by atoms with Crippen molar-refractivity contribution in [2.45, 2.75) is 39.2 Å². The molecule has 0 saturated heterocycles. The van der Waals surface area contributed by atoms with Gasteiger partial charge >= 0.3 is 12.3 Å². The van der Waals surface area contributed by atoms with Gasteiger partial charge in [-0.25, -0.2) is 0 Å². The highest BCUT2D eigenvalue weighted by Crippen LogP contribution is 2.27. The lowest BCUT2D eigenvalue weighted by molar-refractivity contribution is -0.275. The first-order valence-electron chi connectivity index (χ1n) is 6.52. The van der Waals surface area contributed by atoms with Crippen molar-refractivity contribution in [2.75, 3.05) is 6.54 Å². The third-order valence-electron chi connectivity index (χ3n) is 3.07. The van der Waals surface area contributed by atoms with Crippen molar-refractivity contribution in [1.82, 2.24) is 4.90 Å². The van der Waals surface area contributed by atoms with E-state index in [4.69, 9.17) is 5.11 Å². The van der Waals surface area contributed by atoms with Crippen molar-refractivity contribution in [3.8, 4) is 5.75 Å². The third-order valence-corrected chi connectivity index (χ3v) is 3.07. The normalized spacial score (nSPS) is 13.2. The molecule has 0 aliphatic heterocycles. The number of carboxylic acid groups (broad SMARTS) is 1. The summed E-state index contributed by atoms with van der Waals surface area (Å²) in [6.07, 6.45) is -4.82. The molecule has 1 N–H and O–H groups in total. The zero-order valence-electron chi connectivity index (χ0n) is 11.9. The number of rotatable bonds is 7. The highest BCUT2D eigenvalue weighted by molar-refractivity contribution is 5.67. The molecule has 1 atom stereocenters. The molecule has 0 radical (unpaired) electrons. The Balaban J connectivity index is 2.87. The first-order valence-corrected chi connectivity index (χ1v) is 6.52. The predicted molar refractivity (Wildman–Crippen MR) is 70.9 cm³/mol. The number of alkyl halides is 3. The van der Waals surface area contributed by atoms with E-state index in [1.54, 1.807) is 17.9 Å². The average molecular weight is 305 g/mol. The molecule has 1 rings (SSSR count). The Morgan fingerprint density at radius 1 is 1.38 bits per heavy atom. The highest BCUT2D eigenvalue weighted by Gasteiger charge is 2.32. The van der Waals surface area contributed by atoms with Gasteiger partial charge in [0.1, 0.15) is 5.75 Å². The van der Waals surface area contributed by atoms with Crippen molar-refractivity contribution in [3.05, 3.63) is 29.8 Å². The number of aliphatic carboxylic acids is 1. The number of ether oxygens (including phenoxy) is 1. The molecule has 0 aliphatic rings. The predicted octanol–water partition coefficient (Wildman–Crippen LogP) is 3.27. The number of hydrogen-bond donors (Lipinski definition) is 1. The Hall–Kier alpha value is -1.76. The fourth-order valence-electron chi connectivity index (χ4n) is 2.04. The second kappa shape index (κ2) is 7.31. The number of carbonyl (C=O) groups is 1. The number of carboxylic acids is 1. The molecule has 0 aromatic heterocycles. The fraction of sp³-hybridized carbons (Fsp3) is 0.500. The van der Waals surface area contributed by atoms with E-state index >= 15 is 0 Å². The van der Waals surface area contributed by atoms with Crippen LogP contribution in [0.4, 0.5) is 13.2 Å². The lowest BCUT2D eigenvalue weighted by atomic mass is 10.1. The second-order valence-electron chi connectivity index (χ2n) is 4.67. The monoisotopic (exact) mass is 305 g/mol. The van der Waals surface area contributed by atoms with Crippen molar-refractivity contribution in [2.24, 2.45) is 0 Å². The molecule has 118 valence electrons. The minimum Gasteiger partial charge on any atom is -0.481 e. The van der Waals surface area contributed by atoms with Gasteiger partial charge in [-0.2, -0.15) is 0 Å². The molecule has 0 bridgehead atoms. The van der Waals surface area contributed by atoms with Crippen LogP contribution in [-0.2, 0) is 11.3 Å². The molecule has 1 aromatic carbocycles. The maximum atomic E-state index is 12.4. The SMILES string of the molecule is CCN(Cc1ccccc1OC(F)(F)F)C(C)CC(=O)O. The molecule has 0 fully saturated rings. The summed E-state index contributed by atoms with van der Waals surface area (Å²) in [6.45, 7) is 4.27. The van der Waals surface area contributed by atoms with Gasteiger partial charge in [0, 0.05) is 18.2 Å². The van der Waals surface area contributed by atoms with Crippen LogP contribution < -0.4 is 4.74 Å². The third kappa shape index (κ3) is 6.03. The minimum atomic E-state index is -4.75. The van der Waals surface area contributed by atoms with Gasteiger partial charge in [0.15, 0.2) is 0 Å². The zero-order valence-corrected chi connectivity index (χ0v) is 11.9. The smallest absolute Gasteiger partial charge is 0.481 e. The minimum absolute atomic E-state index is 0.0733. The Bertz CT molecular complexity index is 477. The lowest BCUT2D eigenvalue weighted by Gasteiger charge is -2.27. The van der Waals surface area contributed by atoms with E-state index in [2.05, 4.69) is 4.74 Å². The van der Waals surface area contributed by atoms with E-state index < -0.39 is 12.3 Å². The Morgan fingerprint density at radius 2 is 2.00 bits per heavy atom. The standard InChI is InChI=1S/C14H18F3NO3/c1-3-18(10(2)8-13(19)20)9-11-6-4-5-7-12(11)21-14(15,16)17/h4-7,10H,3,8-9H2,1-2H3,(H,19,20). The van der Waals surface area contributed by atoms with E-state index in [0.29, 0.717) is 12.1 Å². The number of hydrogen-bond acceptors (Lipinski definition) is 3. The van der Waals surface area contributed by atoms with E-state index in [1.165, 1.54) is 18.2 Å². The average Bonchev–Trinajstić information content (AvgIpc) is 2.34. The van der Waals surface area contributed by atoms with Gasteiger partial charge in [-0.3, -0.25) is 9.69 Å². The topological polar surface area (TPSA) is 49.8 Å². The van der Waals surface area contributed by atoms with E-state index in [-0.39, 0.29) is 24.8 Å². The molecule has 0 heterocycles. The van der Waals surface area contributed by atoms with Gasteiger partial charge in [-0.05, 0) is 19.5 Å². The molecule has 21 heavy (non-hydrogen) atoms. The molecular weight excluding hydrogens is 287 g/mol. The molecule has 1 aromatic rings. The van der Waals surface area contributed by atoms with Gasteiger partial charge in [0.2, 0.25) is 0 Å². The van der Waals surface area contributed by atoms with E-state index in [9.17, 15) is 18.0 Å². The molecule has 0 saturated carbocycles. The van der Waals surface area contributed by atoms with Crippen LogP contribution in [0.3, 0.4) is 0 Å². The maximum absolute atomic E-state index is 12.4. The van der Waals surface area contributed by atoms with E-state index in [0.717, 1.165) is 0 Å². The molecule has 0 amide bonds. The maximum Gasteiger partial charge on any atom is 0.573 e. The molecule has 4 nitrogen and oxygen atoms in total. The van der Waals surface area contributed by atoms with Gasteiger partial charge < -0.3 is 9.84 Å².